The summed E-state index contributed by atoms with van der Waals surface area (Å²) in [5, 5.41) is 10.3. The van der Waals surface area contributed by atoms with Crippen molar-refractivity contribution in [3.8, 4) is 5.88 Å². The van der Waals surface area contributed by atoms with Crippen molar-refractivity contribution in [2.75, 3.05) is 7.11 Å². The Morgan fingerprint density at radius 2 is 2.21 bits per heavy atom. The van der Waals surface area contributed by atoms with Gasteiger partial charge in [-0.1, -0.05) is 11.6 Å². The van der Waals surface area contributed by atoms with Crippen LogP contribution < -0.4 is 10.1 Å². The highest BCUT2D eigenvalue weighted by molar-refractivity contribution is 6.29. The van der Waals surface area contributed by atoms with Gasteiger partial charge < -0.3 is 10.1 Å². The second-order valence-corrected chi connectivity index (χ2v) is 4.02. The van der Waals surface area contributed by atoms with E-state index in [1.165, 1.54) is 19.2 Å². The SMILES string of the molecule is COc1cc(CNC(=O)c2ccc(Cl)nn2)ccn1. The number of halogens is 1. The molecule has 0 atom stereocenters. The zero-order chi connectivity index (χ0) is 13.7. The molecule has 98 valence electrons. The van der Waals surface area contributed by atoms with Crippen molar-refractivity contribution in [3.05, 3.63) is 46.9 Å². The van der Waals surface area contributed by atoms with Crippen LogP contribution in [0.2, 0.25) is 5.15 Å². The number of aromatic nitrogens is 3. The van der Waals surface area contributed by atoms with Gasteiger partial charge in [-0.05, 0) is 23.8 Å². The van der Waals surface area contributed by atoms with E-state index in [2.05, 4.69) is 20.5 Å². The number of hydrogen-bond acceptors (Lipinski definition) is 5. The molecule has 19 heavy (non-hydrogen) atoms. The minimum Gasteiger partial charge on any atom is -0.481 e. The molecule has 0 aliphatic carbocycles. The fraction of sp³-hybridized carbons (Fsp3) is 0.167. The van der Waals surface area contributed by atoms with Gasteiger partial charge in [0.05, 0.1) is 7.11 Å². The average molecular weight is 279 g/mol. The third-order valence-electron chi connectivity index (χ3n) is 2.33. The van der Waals surface area contributed by atoms with Crippen LogP contribution in [-0.4, -0.2) is 28.2 Å². The van der Waals surface area contributed by atoms with Crippen molar-refractivity contribution in [1.82, 2.24) is 20.5 Å². The Morgan fingerprint density at radius 3 is 2.89 bits per heavy atom. The average Bonchev–Trinajstić information content (AvgIpc) is 2.46. The van der Waals surface area contributed by atoms with Crippen LogP contribution >= 0.6 is 11.6 Å². The Labute approximate surface area is 114 Å². The van der Waals surface area contributed by atoms with Crippen molar-refractivity contribution in [2.24, 2.45) is 0 Å². The van der Waals surface area contributed by atoms with E-state index in [1.807, 2.05) is 0 Å². The van der Waals surface area contributed by atoms with E-state index in [1.54, 1.807) is 18.3 Å². The van der Waals surface area contributed by atoms with E-state index >= 15 is 0 Å². The molecule has 2 rings (SSSR count). The van der Waals surface area contributed by atoms with Gasteiger partial charge in [0, 0.05) is 18.8 Å². The normalized spacial score (nSPS) is 10.0. The number of methoxy groups -OCH3 is 1. The first-order chi connectivity index (χ1) is 9.19. The molecule has 2 aromatic rings. The van der Waals surface area contributed by atoms with Gasteiger partial charge in [0.1, 0.15) is 0 Å². The number of rotatable bonds is 4. The number of pyridine rings is 1. The Balaban J connectivity index is 1.98. The highest BCUT2D eigenvalue weighted by atomic mass is 35.5. The number of hydrogen-bond donors (Lipinski definition) is 1. The van der Waals surface area contributed by atoms with Gasteiger partial charge in [-0.3, -0.25) is 4.79 Å². The third-order valence-corrected chi connectivity index (χ3v) is 2.53. The van der Waals surface area contributed by atoms with Gasteiger partial charge in [0.15, 0.2) is 10.8 Å². The predicted molar refractivity (Wildman–Crippen MR) is 69.0 cm³/mol. The molecule has 6 nitrogen and oxygen atoms in total. The van der Waals surface area contributed by atoms with Crippen LogP contribution in [0, 0.1) is 0 Å². The summed E-state index contributed by atoms with van der Waals surface area (Å²) < 4.78 is 5.00. The monoisotopic (exact) mass is 278 g/mol. The van der Waals surface area contributed by atoms with E-state index in [-0.39, 0.29) is 16.8 Å². The largest absolute Gasteiger partial charge is 0.481 e. The predicted octanol–water partition coefficient (Wildman–Crippen LogP) is 1.46. The highest BCUT2D eigenvalue weighted by Gasteiger charge is 2.07. The summed E-state index contributed by atoms with van der Waals surface area (Å²) in [6, 6.07) is 6.56. The van der Waals surface area contributed by atoms with E-state index in [9.17, 15) is 4.79 Å². The second kappa shape index (κ2) is 6.10. The molecular formula is C12H11ClN4O2. The van der Waals surface area contributed by atoms with Crippen molar-refractivity contribution < 1.29 is 9.53 Å². The molecule has 0 unspecified atom stereocenters. The summed E-state index contributed by atoms with van der Waals surface area (Å²) in [5.41, 5.74) is 1.09. The lowest BCUT2D eigenvalue weighted by atomic mass is 10.2. The molecule has 2 aromatic heterocycles. The lowest BCUT2D eigenvalue weighted by Gasteiger charge is -2.05. The van der Waals surface area contributed by atoms with Crippen LogP contribution in [-0.2, 0) is 6.54 Å². The summed E-state index contributed by atoms with van der Waals surface area (Å²) in [5.74, 6) is 0.179. The van der Waals surface area contributed by atoms with E-state index in [4.69, 9.17) is 16.3 Å². The topological polar surface area (TPSA) is 77.0 Å². The van der Waals surface area contributed by atoms with Crippen LogP contribution in [0.3, 0.4) is 0 Å². The van der Waals surface area contributed by atoms with E-state index in [0.29, 0.717) is 12.4 Å². The number of ether oxygens (including phenoxy) is 1. The van der Waals surface area contributed by atoms with Crippen LogP contribution in [0.15, 0.2) is 30.5 Å². The lowest BCUT2D eigenvalue weighted by Crippen LogP contribution is -2.24. The first-order valence-corrected chi connectivity index (χ1v) is 5.83. The van der Waals surface area contributed by atoms with Crippen molar-refractivity contribution in [2.45, 2.75) is 6.54 Å². The van der Waals surface area contributed by atoms with E-state index in [0.717, 1.165) is 5.56 Å². The maximum absolute atomic E-state index is 11.8. The van der Waals surface area contributed by atoms with Crippen LogP contribution in [0.4, 0.5) is 0 Å². The first kappa shape index (κ1) is 13.2. The summed E-state index contributed by atoms with van der Waals surface area (Å²) in [7, 11) is 1.54. The molecule has 0 aliphatic heterocycles. The fourth-order valence-corrected chi connectivity index (χ4v) is 1.48. The number of nitrogens with one attached hydrogen (secondary N) is 1. The molecule has 7 heteroatoms. The molecule has 0 fully saturated rings. The molecule has 0 bridgehead atoms. The zero-order valence-electron chi connectivity index (χ0n) is 10.1. The Bertz CT molecular complexity index is 574. The first-order valence-electron chi connectivity index (χ1n) is 5.45. The van der Waals surface area contributed by atoms with Gasteiger partial charge in [-0.25, -0.2) is 4.98 Å². The molecule has 0 aromatic carbocycles. The molecule has 0 aliphatic rings. The number of nitrogens with zero attached hydrogens (tertiary/aromatic N) is 3. The molecule has 1 amide bonds. The van der Waals surface area contributed by atoms with Crippen LogP contribution in [0.25, 0.3) is 0 Å². The molecule has 0 saturated heterocycles. The molecule has 0 spiro atoms. The second-order valence-electron chi connectivity index (χ2n) is 3.63. The van der Waals surface area contributed by atoms with Crippen LogP contribution in [0.5, 0.6) is 5.88 Å². The molecular weight excluding hydrogens is 268 g/mol. The standard InChI is InChI=1S/C12H11ClN4O2/c1-19-11-6-8(4-5-14-11)7-15-12(18)9-2-3-10(13)17-16-9/h2-6H,7H2,1H3,(H,15,18). The van der Waals surface area contributed by atoms with Crippen molar-refractivity contribution >= 4 is 17.5 Å². The summed E-state index contributed by atoms with van der Waals surface area (Å²) in [4.78, 5) is 15.8. The zero-order valence-corrected chi connectivity index (χ0v) is 10.9. The summed E-state index contributed by atoms with van der Waals surface area (Å²) in [6.07, 6.45) is 1.61. The van der Waals surface area contributed by atoms with Gasteiger partial charge in [-0.2, -0.15) is 0 Å². The maximum Gasteiger partial charge on any atom is 0.272 e. The fourth-order valence-electron chi connectivity index (χ4n) is 1.38. The maximum atomic E-state index is 11.8. The summed E-state index contributed by atoms with van der Waals surface area (Å²) in [6.45, 7) is 0.349. The molecule has 0 radical (unpaired) electrons. The number of carbonyl (C=O) groups is 1. The Kier molecular flexibility index (Phi) is 4.25. The molecule has 1 N–H and O–H groups in total. The van der Waals surface area contributed by atoms with Crippen molar-refractivity contribution in [3.63, 3.8) is 0 Å². The van der Waals surface area contributed by atoms with Crippen molar-refractivity contribution in [1.29, 1.82) is 0 Å². The quantitative estimate of drug-likeness (QED) is 0.916. The Morgan fingerprint density at radius 1 is 1.37 bits per heavy atom. The Hall–Kier alpha value is -2.21. The van der Waals surface area contributed by atoms with Gasteiger partial charge in [0.2, 0.25) is 5.88 Å². The molecule has 2 heterocycles. The lowest BCUT2D eigenvalue weighted by molar-refractivity contribution is 0.0945. The summed E-state index contributed by atoms with van der Waals surface area (Å²) >= 11 is 5.60. The van der Waals surface area contributed by atoms with Gasteiger partial charge in [0.25, 0.3) is 5.91 Å². The van der Waals surface area contributed by atoms with Crippen LogP contribution in [0.1, 0.15) is 16.1 Å². The molecule has 0 saturated carbocycles. The number of amides is 1. The van der Waals surface area contributed by atoms with Gasteiger partial charge >= 0.3 is 0 Å². The van der Waals surface area contributed by atoms with E-state index < -0.39 is 0 Å². The third kappa shape index (κ3) is 3.62. The number of carbonyl (C=O) groups excluding carboxylic acids is 1. The smallest absolute Gasteiger partial charge is 0.272 e. The minimum atomic E-state index is -0.319. The highest BCUT2D eigenvalue weighted by Crippen LogP contribution is 2.08. The van der Waals surface area contributed by atoms with Gasteiger partial charge in [-0.15, -0.1) is 10.2 Å². The minimum absolute atomic E-state index is 0.213.